The zero-order valence-corrected chi connectivity index (χ0v) is 18.4. The maximum Gasteiger partial charge on any atom is 0.319 e. The number of nitrogens with zero attached hydrogens (tertiary/aromatic N) is 2. The Balaban J connectivity index is 1.57. The van der Waals surface area contributed by atoms with Crippen molar-refractivity contribution in [3.63, 3.8) is 0 Å². The van der Waals surface area contributed by atoms with Crippen LogP contribution in [0.25, 0.3) is 11.1 Å². The van der Waals surface area contributed by atoms with Crippen LogP contribution >= 0.6 is 11.6 Å². The number of pyridine rings is 2. The van der Waals surface area contributed by atoms with Gasteiger partial charge in [-0.25, -0.2) is 9.78 Å². The Morgan fingerprint density at radius 3 is 2.84 bits per heavy atom. The number of halogens is 1. The summed E-state index contributed by atoms with van der Waals surface area (Å²) in [6.45, 7) is 3.06. The van der Waals surface area contributed by atoms with Gasteiger partial charge in [-0.15, -0.1) is 0 Å². The number of urea groups is 1. The van der Waals surface area contributed by atoms with Gasteiger partial charge in [0.25, 0.3) is 0 Å². The van der Waals surface area contributed by atoms with Crippen molar-refractivity contribution >= 4 is 34.9 Å². The minimum absolute atomic E-state index is 0.124. The number of carbonyl (C=O) groups excluding carboxylic acids is 2. The van der Waals surface area contributed by atoms with Gasteiger partial charge in [-0.2, -0.15) is 0 Å². The summed E-state index contributed by atoms with van der Waals surface area (Å²) in [6.07, 6.45) is 7.12. The Bertz CT molecular complexity index is 1140. The first-order valence-corrected chi connectivity index (χ1v) is 11.0. The van der Waals surface area contributed by atoms with Gasteiger partial charge in [0.2, 0.25) is 0 Å². The topological polar surface area (TPSA) is 96.0 Å². The molecule has 0 fully saturated rings. The van der Waals surface area contributed by atoms with E-state index in [1.165, 1.54) is 0 Å². The van der Waals surface area contributed by atoms with Gasteiger partial charge < -0.3 is 16.0 Å². The fourth-order valence-electron chi connectivity index (χ4n) is 3.68. The molecule has 7 nitrogen and oxygen atoms in total. The van der Waals surface area contributed by atoms with Gasteiger partial charge in [-0.05, 0) is 30.7 Å². The van der Waals surface area contributed by atoms with Crippen LogP contribution in [0.3, 0.4) is 0 Å². The highest BCUT2D eigenvalue weighted by Crippen LogP contribution is 2.37. The van der Waals surface area contributed by atoms with Crippen LogP contribution < -0.4 is 16.0 Å². The molecule has 4 rings (SSSR count). The summed E-state index contributed by atoms with van der Waals surface area (Å²) >= 11 is 6.53. The molecule has 8 heteroatoms. The molecule has 1 atom stereocenters. The lowest BCUT2D eigenvalue weighted by atomic mass is 9.91. The second-order valence-electron chi connectivity index (χ2n) is 7.60. The van der Waals surface area contributed by atoms with Crippen molar-refractivity contribution in [2.24, 2.45) is 0 Å². The number of benzene rings is 1. The molecule has 1 unspecified atom stereocenters. The van der Waals surface area contributed by atoms with Gasteiger partial charge in [0.05, 0.1) is 16.6 Å². The lowest BCUT2D eigenvalue weighted by Crippen LogP contribution is -2.29. The lowest BCUT2D eigenvalue weighted by molar-refractivity contribution is 0.0966. The molecule has 2 amide bonds. The summed E-state index contributed by atoms with van der Waals surface area (Å²) < 4.78 is 0. The van der Waals surface area contributed by atoms with Gasteiger partial charge in [0.1, 0.15) is 5.82 Å². The van der Waals surface area contributed by atoms with E-state index in [1.54, 1.807) is 36.8 Å². The first-order chi connectivity index (χ1) is 15.6. The minimum Gasteiger partial charge on any atom is -0.369 e. The highest BCUT2D eigenvalue weighted by molar-refractivity contribution is 6.37. The van der Waals surface area contributed by atoms with Crippen molar-refractivity contribution in [2.75, 3.05) is 23.7 Å². The Hall–Kier alpha value is -3.45. The number of unbranched alkanes of at least 4 members (excludes halogenated alkanes) is 1. The van der Waals surface area contributed by atoms with Gasteiger partial charge in [0, 0.05) is 53.9 Å². The summed E-state index contributed by atoms with van der Waals surface area (Å²) in [5.41, 5.74) is 3.41. The Morgan fingerprint density at radius 1 is 1.19 bits per heavy atom. The smallest absolute Gasteiger partial charge is 0.319 e. The van der Waals surface area contributed by atoms with Crippen LogP contribution in [0.5, 0.6) is 0 Å². The van der Waals surface area contributed by atoms with E-state index < -0.39 is 5.92 Å². The number of carbonyl (C=O) groups is 2. The number of anilines is 2. The molecule has 2 aromatic heterocycles. The number of Topliss-reactive ketones (excluding diaryl/α,β-unsaturated/α-hetero) is 1. The van der Waals surface area contributed by atoms with E-state index in [0.717, 1.165) is 29.5 Å². The molecule has 0 saturated carbocycles. The number of ketones is 1. The molecule has 3 heterocycles. The number of hydrogen-bond acceptors (Lipinski definition) is 5. The molecule has 3 N–H and O–H groups in total. The number of fused-ring (bicyclic) bond motifs is 1. The normalized spacial score (nSPS) is 14.4. The van der Waals surface area contributed by atoms with Crippen LogP contribution in [0.4, 0.5) is 16.3 Å². The summed E-state index contributed by atoms with van der Waals surface area (Å²) in [7, 11) is 0. The third-order valence-corrected chi connectivity index (χ3v) is 5.81. The Kier molecular flexibility index (Phi) is 6.66. The van der Waals surface area contributed by atoms with Crippen molar-refractivity contribution in [1.29, 1.82) is 0 Å². The number of aromatic nitrogens is 2. The minimum atomic E-state index is -0.430. The first kappa shape index (κ1) is 21.8. The van der Waals surface area contributed by atoms with E-state index in [4.69, 9.17) is 11.6 Å². The molecule has 1 aliphatic heterocycles. The van der Waals surface area contributed by atoms with Crippen LogP contribution in [0.15, 0.2) is 55.0 Å². The van der Waals surface area contributed by atoms with E-state index >= 15 is 0 Å². The van der Waals surface area contributed by atoms with Gasteiger partial charge >= 0.3 is 6.03 Å². The molecule has 0 spiro atoms. The SMILES string of the molecule is CCCCNC(=O)Nc1cccc(C(=O)C2CNc3ncc(-c4cccnc4)cc32)c1Cl. The van der Waals surface area contributed by atoms with Crippen molar-refractivity contribution in [3.8, 4) is 11.1 Å². The molecule has 1 aromatic carbocycles. The summed E-state index contributed by atoms with van der Waals surface area (Å²) in [6, 6.07) is 10.5. The van der Waals surface area contributed by atoms with E-state index in [0.29, 0.717) is 30.2 Å². The van der Waals surface area contributed by atoms with Crippen molar-refractivity contribution < 1.29 is 9.59 Å². The van der Waals surface area contributed by atoms with E-state index in [9.17, 15) is 9.59 Å². The van der Waals surface area contributed by atoms with E-state index in [2.05, 4.69) is 32.8 Å². The monoisotopic (exact) mass is 449 g/mol. The molecule has 0 aliphatic carbocycles. The summed E-state index contributed by atoms with van der Waals surface area (Å²) in [5.74, 6) is 0.137. The highest BCUT2D eigenvalue weighted by atomic mass is 35.5. The number of hydrogen-bond donors (Lipinski definition) is 3. The molecule has 164 valence electrons. The standard InChI is InChI=1S/C24H24ClN5O2/c1-2-3-10-27-24(32)30-20-8-4-7-17(21(20)25)22(31)19-14-29-23-18(19)11-16(13-28-23)15-6-5-9-26-12-15/h4-9,11-13,19H,2-3,10,14H2,1H3,(H,28,29)(H2,27,30,32). The largest absolute Gasteiger partial charge is 0.369 e. The Labute approximate surface area is 191 Å². The molecule has 32 heavy (non-hydrogen) atoms. The highest BCUT2D eigenvalue weighted by Gasteiger charge is 2.32. The van der Waals surface area contributed by atoms with Crippen molar-refractivity contribution in [1.82, 2.24) is 15.3 Å². The molecular formula is C24H24ClN5O2. The van der Waals surface area contributed by atoms with Crippen LogP contribution in [-0.2, 0) is 0 Å². The third kappa shape index (κ3) is 4.57. The lowest BCUT2D eigenvalue weighted by Gasteiger charge is -2.14. The van der Waals surface area contributed by atoms with Crippen molar-refractivity contribution in [3.05, 3.63) is 71.1 Å². The third-order valence-electron chi connectivity index (χ3n) is 5.41. The van der Waals surface area contributed by atoms with Gasteiger partial charge in [-0.3, -0.25) is 9.78 Å². The molecule has 3 aromatic rings. The molecule has 0 radical (unpaired) electrons. The average Bonchev–Trinajstić information content (AvgIpc) is 3.24. The summed E-state index contributed by atoms with van der Waals surface area (Å²) in [4.78, 5) is 34.2. The first-order valence-electron chi connectivity index (χ1n) is 10.6. The quantitative estimate of drug-likeness (QED) is 0.344. The average molecular weight is 450 g/mol. The van der Waals surface area contributed by atoms with Crippen LogP contribution in [0.2, 0.25) is 5.02 Å². The van der Waals surface area contributed by atoms with E-state index in [-0.39, 0.29) is 16.8 Å². The zero-order chi connectivity index (χ0) is 22.5. The second-order valence-corrected chi connectivity index (χ2v) is 7.98. The molecular weight excluding hydrogens is 426 g/mol. The van der Waals surface area contributed by atoms with Crippen molar-refractivity contribution in [2.45, 2.75) is 25.7 Å². The fraction of sp³-hybridized carbons (Fsp3) is 0.250. The number of rotatable bonds is 7. The molecule has 0 bridgehead atoms. The van der Waals surface area contributed by atoms with Gasteiger partial charge in [-0.1, -0.05) is 37.1 Å². The van der Waals surface area contributed by atoms with E-state index in [1.807, 2.05) is 18.2 Å². The Morgan fingerprint density at radius 2 is 2.06 bits per heavy atom. The predicted octanol–water partition coefficient (Wildman–Crippen LogP) is 5.11. The maximum atomic E-state index is 13.4. The number of nitrogens with one attached hydrogen (secondary N) is 3. The molecule has 1 aliphatic rings. The maximum absolute atomic E-state index is 13.4. The second kappa shape index (κ2) is 9.78. The van der Waals surface area contributed by atoms with Gasteiger partial charge in [0.15, 0.2) is 5.78 Å². The summed E-state index contributed by atoms with van der Waals surface area (Å²) in [5, 5.41) is 8.95. The number of amides is 2. The zero-order valence-electron chi connectivity index (χ0n) is 17.7. The molecule has 0 saturated heterocycles. The fourth-order valence-corrected chi connectivity index (χ4v) is 3.95. The van der Waals surface area contributed by atoms with Crippen LogP contribution in [0.1, 0.15) is 41.6 Å². The van der Waals surface area contributed by atoms with Crippen LogP contribution in [0, 0.1) is 0 Å². The predicted molar refractivity (Wildman–Crippen MR) is 126 cm³/mol. The van der Waals surface area contributed by atoms with Crippen LogP contribution in [-0.4, -0.2) is 34.9 Å².